The van der Waals surface area contributed by atoms with E-state index in [4.69, 9.17) is 5.26 Å². The van der Waals surface area contributed by atoms with Gasteiger partial charge < -0.3 is 10.4 Å². The fourth-order valence-electron chi connectivity index (χ4n) is 2.90. The number of nitriles is 1. The summed E-state index contributed by atoms with van der Waals surface area (Å²) in [5.74, 6) is -3.44. The maximum absolute atomic E-state index is 13.3. The third kappa shape index (κ3) is 5.80. The normalized spacial score (nSPS) is 13.8. The van der Waals surface area contributed by atoms with Crippen molar-refractivity contribution >= 4 is 21.4 Å². The van der Waals surface area contributed by atoms with Gasteiger partial charge in [0.05, 0.1) is 28.7 Å². The van der Waals surface area contributed by atoms with Crippen LogP contribution in [0.3, 0.4) is 0 Å². The molecule has 6 nitrogen and oxygen atoms in total. The van der Waals surface area contributed by atoms with Crippen LogP contribution < -0.4 is 5.32 Å². The van der Waals surface area contributed by atoms with Crippen LogP contribution in [0.15, 0.2) is 42.5 Å². The molecule has 0 aromatic heterocycles. The fourth-order valence-corrected chi connectivity index (χ4v) is 4.60. The lowest BCUT2D eigenvalue weighted by atomic mass is 9.94. The van der Waals surface area contributed by atoms with Gasteiger partial charge in [-0.25, -0.2) is 12.8 Å². The maximum atomic E-state index is 13.3. The summed E-state index contributed by atoms with van der Waals surface area (Å²) in [4.78, 5) is 12.9. The minimum absolute atomic E-state index is 0.202. The smallest absolute Gasteiger partial charge is 0.374 e. The molecule has 2 aromatic carbocycles. The molecule has 1 amide bonds. The van der Waals surface area contributed by atoms with Gasteiger partial charge in [-0.3, -0.25) is 4.79 Å². The number of carbonyl (C=O) groups is 1. The summed E-state index contributed by atoms with van der Waals surface area (Å²) in [6.45, 7) is 1.57. The van der Waals surface area contributed by atoms with Gasteiger partial charge in [-0.2, -0.15) is 18.4 Å². The first kappa shape index (κ1) is 24.3. The van der Waals surface area contributed by atoms with Gasteiger partial charge in [0, 0.05) is 5.69 Å². The Bertz CT molecular complexity index is 1110. The number of benzene rings is 2. The van der Waals surface area contributed by atoms with Gasteiger partial charge in [-0.15, -0.1) is 0 Å². The van der Waals surface area contributed by atoms with Gasteiger partial charge in [-0.1, -0.05) is 19.1 Å². The Morgan fingerprint density at radius 3 is 2.29 bits per heavy atom. The molecule has 0 heterocycles. The van der Waals surface area contributed by atoms with E-state index >= 15 is 0 Å². The predicted octanol–water partition coefficient (Wildman–Crippen LogP) is 3.37. The van der Waals surface area contributed by atoms with E-state index in [0.717, 1.165) is 36.4 Å². The third-order valence-corrected chi connectivity index (χ3v) is 6.23. The Labute approximate surface area is 176 Å². The van der Waals surface area contributed by atoms with E-state index in [-0.39, 0.29) is 17.7 Å². The Kier molecular flexibility index (Phi) is 7.08. The number of nitrogens with zero attached hydrogens (tertiary/aromatic N) is 1. The van der Waals surface area contributed by atoms with Crippen LogP contribution in [0.25, 0.3) is 0 Å². The molecule has 11 heteroatoms. The number of carbonyl (C=O) groups excluding carboxylic acids is 1. The van der Waals surface area contributed by atoms with Crippen molar-refractivity contribution in [3.8, 4) is 6.07 Å². The summed E-state index contributed by atoms with van der Waals surface area (Å²) in [5, 5.41) is 21.9. The highest BCUT2D eigenvalue weighted by molar-refractivity contribution is 7.91. The van der Waals surface area contributed by atoms with Crippen molar-refractivity contribution in [2.24, 2.45) is 0 Å². The molecule has 2 N–H and O–H groups in total. The second kappa shape index (κ2) is 9.03. The standard InChI is InChI=1S/C20H18F4N2O4S/c1-2-9-31(29,30)12-19(28,14-4-6-15(21)7-5-14)18(27)26-16-8-3-13(11-25)17(10-16)20(22,23)24/h3-8,10,28H,2,9,12H2,1H3,(H,26,27). The number of hydrogen-bond acceptors (Lipinski definition) is 5. The number of anilines is 1. The average Bonchev–Trinajstić information content (AvgIpc) is 2.67. The first-order valence-electron chi connectivity index (χ1n) is 8.94. The topological polar surface area (TPSA) is 107 Å². The van der Waals surface area contributed by atoms with E-state index in [1.54, 1.807) is 6.92 Å². The SMILES string of the molecule is CCCS(=O)(=O)CC(O)(C(=O)Nc1ccc(C#N)c(C(F)(F)F)c1)c1ccc(F)cc1. The number of amides is 1. The molecule has 31 heavy (non-hydrogen) atoms. The summed E-state index contributed by atoms with van der Waals surface area (Å²) in [5.41, 5.74) is -5.35. The van der Waals surface area contributed by atoms with Crippen molar-refractivity contribution in [2.75, 3.05) is 16.8 Å². The number of hydrogen-bond donors (Lipinski definition) is 2. The minimum Gasteiger partial charge on any atom is -0.374 e. The molecule has 166 valence electrons. The highest BCUT2D eigenvalue weighted by Crippen LogP contribution is 2.34. The van der Waals surface area contributed by atoms with E-state index in [1.807, 2.05) is 0 Å². The Balaban J connectivity index is 2.49. The number of nitrogens with one attached hydrogen (secondary N) is 1. The molecule has 0 aliphatic carbocycles. The van der Waals surface area contributed by atoms with Gasteiger partial charge in [0.2, 0.25) is 0 Å². The van der Waals surface area contributed by atoms with E-state index in [0.29, 0.717) is 6.07 Å². The lowest BCUT2D eigenvalue weighted by molar-refractivity contribution is -0.138. The zero-order valence-corrected chi connectivity index (χ0v) is 17.0. The molecular formula is C20H18F4N2O4S. The highest BCUT2D eigenvalue weighted by Gasteiger charge is 2.42. The Morgan fingerprint density at radius 1 is 1.16 bits per heavy atom. The zero-order chi connectivity index (χ0) is 23.4. The van der Waals surface area contributed by atoms with Gasteiger partial charge in [0.1, 0.15) is 5.82 Å². The summed E-state index contributed by atoms with van der Waals surface area (Å²) in [6, 6.07) is 7.57. The molecule has 0 saturated heterocycles. The van der Waals surface area contributed by atoms with Crippen molar-refractivity contribution < 1.29 is 35.9 Å². The third-order valence-electron chi connectivity index (χ3n) is 4.34. The van der Waals surface area contributed by atoms with Crippen LogP contribution in [-0.4, -0.2) is 30.9 Å². The van der Waals surface area contributed by atoms with Gasteiger partial charge in [-0.05, 0) is 42.3 Å². The van der Waals surface area contributed by atoms with Crippen LogP contribution in [0.5, 0.6) is 0 Å². The monoisotopic (exact) mass is 458 g/mol. The number of sulfone groups is 1. The lowest BCUT2D eigenvalue weighted by Gasteiger charge is -2.27. The van der Waals surface area contributed by atoms with Crippen molar-refractivity contribution in [3.63, 3.8) is 0 Å². The second-order valence-corrected chi connectivity index (χ2v) is 8.97. The summed E-state index contributed by atoms with van der Waals surface area (Å²) < 4.78 is 77.4. The van der Waals surface area contributed by atoms with Gasteiger partial charge in [0.15, 0.2) is 15.4 Å². The molecule has 1 atom stereocenters. The molecule has 2 rings (SSSR count). The predicted molar refractivity (Wildman–Crippen MR) is 104 cm³/mol. The van der Waals surface area contributed by atoms with E-state index in [1.165, 1.54) is 6.07 Å². The first-order valence-corrected chi connectivity index (χ1v) is 10.8. The number of aliphatic hydroxyl groups is 1. The van der Waals surface area contributed by atoms with Crippen LogP contribution in [0.4, 0.5) is 23.2 Å². The van der Waals surface area contributed by atoms with Crippen molar-refractivity contribution in [3.05, 3.63) is 65.0 Å². The first-order chi connectivity index (χ1) is 14.3. The minimum atomic E-state index is -4.89. The van der Waals surface area contributed by atoms with Crippen LogP contribution in [0.1, 0.15) is 30.0 Å². The van der Waals surface area contributed by atoms with Crippen molar-refractivity contribution in [2.45, 2.75) is 25.1 Å². The van der Waals surface area contributed by atoms with Crippen LogP contribution in [-0.2, 0) is 26.4 Å². The second-order valence-electron chi connectivity index (χ2n) is 6.78. The average molecular weight is 458 g/mol. The highest BCUT2D eigenvalue weighted by atomic mass is 32.2. The molecule has 2 aromatic rings. The van der Waals surface area contributed by atoms with E-state index < -0.39 is 55.9 Å². The van der Waals surface area contributed by atoms with Gasteiger partial charge >= 0.3 is 6.18 Å². The molecule has 0 spiro atoms. The maximum Gasteiger partial charge on any atom is 0.417 e. The number of alkyl halides is 3. The molecule has 0 saturated carbocycles. The van der Waals surface area contributed by atoms with Gasteiger partial charge in [0.25, 0.3) is 5.91 Å². The molecule has 0 aliphatic heterocycles. The zero-order valence-electron chi connectivity index (χ0n) is 16.2. The Morgan fingerprint density at radius 2 is 1.77 bits per heavy atom. The molecule has 0 fully saturated rings. The van der Waals surface area contributed by atoms with Crippen LogP contribution in [0.2, 0.25) is 0 Å². The summed E-state index contributed by atoms with van der Waals surface area (Å²) in [6.07, 6.45) is -4.68. The molecule has 0 radical (unpaired) electrons. The number of rotatable bonds is 7. The van der Waals surface area contributed by atoms with E-state index in [2.05, 4.69) is 5.32 Å². The molecule has 0 aliphatic rings. The molecule has 1 unspecified atom stereocenters. The van der Waals surface area contributed by atoms with Crippen LogP contribution in [0, 0.1) is 17.1 Å². The quantitative estimate of drug-likeness (QED) is 0.619. The summed E-state index contributed by atoms with van der Waals surface area (Å²) >= 11 is 0. The van der Waals surface area contributed by atoms with E-state index in [9.17, 15) is 35.9 Å². The number of halogens is 4. The molecular weight excluding hydrogens is 440 g/mol. The van der Waals surface area contributed by atoms with Crippen molar-refractivity contribution in [1.29, 1.82) is 5.26 Å². The summed E-state index contributed by atoms with van der Waals surface area (Å²) in [7, 11) is -3.95. The fraction of sp³-hybridized carbons (Fsp3) is 0.300. The van der Waals surface area contributed by atoms with Crippen LogP contribution >= 0.6 is 0 Å². The molecule has 0 bridgehead atoms. The lowest BCUT2D eigenvalue weighted by Crippen LogP contribution is -2.46. The Hall–Kier alpha value is -2.97. The largest absolute Gasteiger partial charge is 0.417 e. The van der Waals surface area contributed by atoms with Crippen molar-refractivity contribution in [1.82, 2.24) is 0 Å².